The van der Waals surface area contributed by atoms with E-state index >= 15 is 0 Å². The van der Waals surface area contributed by atoms with Crippen LogP contribution in [0.4, 0.5) is 0 Å². The van der Waals surface area contributed by atoms with E-state index < -0.39 is 5.60 Å². The van der Waals surface area contributed by atoms with Gasteiger partial charge in [-0.05, 0) is 26.0 Å². The van der Waals surface area contributed by atoms with Crippen molar-refractivity contribution in [3.05, 3.63) is 41.6 Å². The first kappa shape index (κ1) is 15.1. The zero-order valence-electron chi connectivity index (χ0n) is 12.5. The van der Waals surface area contributed by atoms with Crippen LogP contribution in [0.2, 0.25) is 0 Å². The molecule has 2 heterocycles. The van der Waals surface area contributed by atoms with E-state index in [2.05, 4.69) is 25.8 Å². The Morgan fingerprint density at radius 1 is 1.52 bits per heavy atom. The smallest absolute Gasteiger partial charge is 0.191 e. The van der Waals surface area contributed by atoms with E-state index in [4.69, 9.17) is 4.42 Å². The predicted molar refractivity (Wildman–Crippen MR) is 79.8 cm³/mol. The second kappa shape index (κ2) is 6.45. The highest BCUT2D eigenvalue weighted by Crippen LogP contribution is 2.19. The van der Waals surface area contributed by atoms with Gasteiger partial charge in [0, 0.05) is 24.8 Å². The predicted octanol–water partition coefficient (Wildman–Crippen LogP) is 0.884. The maximum absolute atomic E-state index is 10.4. The van der Waals surface area contributed by atoms with E-state index in [-0.39, 0.29) is 6.54 Å². The van der Waals surface area contributed by atoms with Crippen LogP contribution >= 0.6 is 0 Å². The van der Waals surface area contributed by atoms with Gasteiger partial charge in [-0.15, -0.1) is 0 Å². The molecule has 7 nitrogen and oxygen atoms in total. The van der Waals surface area contributed by atoms with Gasteiger partial charge in [0.2, 0.25) is 0 Å². The molecule has 0 aliphatic rings. The molecule has 2 aromatic heterocycles. The molecule has 7 heteroatoms. The summed E-state index contributed by atoms with van der Waals surface area (Å²) in [4.78, 5) is 4.12. The summed E-state index contributed by atoms with van der Waals surface area (Å²) in [7, 11) is 1.68. The van der Waals surface area contributed by atoms with Gasteiger partial charge in [0.25, 0.3) is 0 Å². The van der Waals surface area contributed by atoms with E-state index in [1.807, 2.05) is 6.92 Å². The minimum absolute atomic E-state index is 0.282. The number of aliphatic hydroxyl groups is 1. The molecular weight excluding hydrogens is 270 g/mol. The lowest BCUT2D eigenvalue weighted by Gasteiger charge is -2.22. The van der Waals surface area contributed by atoms with Gasteiger partial charge in [0.15, 0.2) is 5.96 Å². The molecule has 2 aromatic rings. The standard InChI is InChI=1S/C14H21N5O2/c1-10-11(8-18-19-10)7-16-13(15-3)17-9-14(2,20)12-5-4-6-21-12/h4-6,8,20H,7,9H2,1-3H3,(H,18,19)(H2,15,16,17). The van der Waals surface area contributed by atoms with Crippen molar-refractivity contribution in [2.45, 2.75) is 26.0 Å². The monoisotopic (exact) mass is 291 g/mol. The van der Waals surface area contributed by atoms with Crippen molar-refractivity contribution >= 4 is 5.96 Å². The molecule has 0 aromatic carbocycles. The average molecular weight is 291 g/mol. The Balaban J connectivity index is 1.87. The molecule has 0 radical (unpaired) electrons. The Morgan fingerprint density at radius 2 is 2.33 bits per heavy atom. The van der Waals surface area contributed by atoms with Gasteiger partial charge < -0.3 is 20.2 Å². The van der Waals surface area contributed by atoms with E-state index in [1.165, 1.54) is 0 Å². The van der Waals surface area contributed by atoms with Crippen LogP contribution in [-0.4, -0.2) is 34.9 Å². The molecule has 0 aliphatic heterocycles. The second-order valence-corrected chi connectivity index (χ2v) is 5.05. The van der Waals surface area contributed by atoms with Crippen molar-refractivity contribution in [2.24, 2.45) is 4.99 Å². The first-order valence-electron chi connectivity index (χ1n) is 6.72. The molecule has 0 saturated heterocycles. The van der Waals surface area contributed by atoms with Crippen molar-refractivity contribution < 1.29 is 9.52 Å². The average Bonchev–Trinajstić information content (AvgIpc) is 3.11. The van der Waals surface area contributed by atoms with Crippen LogP contribution in [0.5, 0.6) is 0 Å². The normalized spacial score (nSPS) is 14.8. The molecule has 4 N–H and O–H groups in total. The number of hydrogen-bond donors (Lipinski definition) is 4. The van der Waals surface area contributed by atoms with Gasteiger partial charge in [-0.1, -0.05) is 0 Å². The Kier molecular flexibility index (Phi) is 4.64. The summed E-state index contributed by atoms with van der Waals surface area (Å²) in [6.45, 7) is 4.53. The topological polar surface area (TPSA) is 98.5 Å². The number of rotatable bonds is 5. The van der Waals surface area contributed by atoms with Gasteiger partial charge in [-0.25, -0.2) is 0 Å². The molecule has 0 aliphatic carbocycles. The number of aromatic amines is 1. The second-order valence-electron chi connectivity index (χ2n) is 5.05. The van der Waals surface area contributed by atoms with E-state index in [9.17, 15) is 5.11 Å². The number of aromatic nitrogens is 2. The molecule has 1 unspecified atom stereocenters. The number of H-pyrrole nitrogens is 1. The number of aliphatic imine (C=N–C) groups is 1. The van der Waals surface area contributed by atoms with Gasteiger partial charge in [0.05, 0.1) is 19.0 Å². The highest BCUT2D eigenvalue weighted by molar-refractivity contribution is 5.79. The Morgan fingerprint density at radius 3 is 2.90 bits per heavy atom. The number of hydrogen-bond acceptors (Lipinski definition) is 4. The number of nitrogens with one attached hydrogen (secondary N) is 3. The fourth-order valence-corrected chi connectivity index (χ4v) is 1.88. The van der Waals surface area contributed by atoms with Crippen molar-refractivity contribution in [3.63, 3.8) is 0 Å². The number of furan rings is 1. The van der Waals surface area contributed by atoms with Gasteiger partial charge in [-0.3, -0.25) is 10.1 Å². The first-order chi connectivity index (χ1) is 10.0. The highest BCUT2D eigenvalue weighted by atomic mass is 16.4. The van der Waals surface area contributed by atoms with Crippen LogP contribution in [0, 0.1) is 6.92 Å². The molecular formula is C14H21N5O2. The lowest BCUT2D eigenvalue weighted by atomic mass is 10.0. The van der Waals surface area contributed by atoms with E-state index in [0.29, 0.717) is 18.3 Å². The molecule has 1 atom stereocenters. The lowest BCUT2D eigenvalue weighted by molar-refractivity contribution is 0.0386. The molecule has 0 spiro atoms. The Hall–Kier alpha value is -2.28. The summed E-state index contributed by atoms with van der Waals surface area (Å²) >= 11 is 0. The minimum Gasteiger partial charge on any atom is -0.466 e. The third-order valence-corrected chi connectivity index (χ3v) is 3.26. The quantitative estimate of drug-likeness (QED) is 0.484. The van der Waals surface area contributed by atoms with Crippen molar-refractivity contribution in [2.75, 3.05) is 13.6 Å². The third-order valence-electron chi connectivity index (χ3n) is 3.26. The fourth-order valence-electron chi connectivity index (χ4n) is 1.88. The molecule has 21 heavy (non-hydrogen) atoms. The van der Waals surface area contributed by atoms with Crippen molar-refractivity contribution in [3.8, 4) is 0 Å². The molecule has 2 rings (SSSR count). The summed E-state index contributed by atoms with van der Waals surface area (Å²) < 4.78 is 5.24. The van der Waals surface area contributed by atoms with E-state index in [1.54, 1.807) is 38.6 Å². The van der Waals surface area contributed by atoms with E-state index in [0.717, 1.165) is 11.3 Å². The Labute approximate surface area is 123 Å². The van der Waals surface area contributed by atoms with Crippen LogP contribution in [0.1, 0.15) is 23.9 Å². The Bertz CT molecular complexity index is 586. The minimum atomic E-state index is -1.10. The molecule has 114 valence electrons. The van der Waals surface area contributed by atoms with Crippen LogP contribution in [0.15, 0.2) is 34.0 Å². The number of aryl methyl sites for hydroxylation is 1. The van der Waals surface area contributed by atoms with Crippen LogP contribution in [0.3, 0.4) is 0 Å². The maximum Gasteiger partial charge on any atom is 0.191 e. The summed E-state index contributed by atoms with van der Waals surface area (Å²) in [6.07, 6.45) is 3.31. The van der Waals surface area contributed by atoms with Gasteiger partial charge >= 0.3 is 0 Å². The van der Waals surface area contributed by atoms with Crippen LogP contribution in [0.25, 0.3) is 0 Å². The summed E-state index contributed by atoms with van der Waals surface area (Å²) in [6, 6.07) is 3.49. The van der Waals surface area contributed by atoms with Crippen LogP contribution in [-0.2, 0) is 12.1 Å². The van der Waals surface area contributed by atoms with Crippen LogP contribution < -0.4 is 10.6 Å². The molecule has 0 fully saturated rings. The summed E-state index contributed by atoms with van der Waals surface area (Å²) in [5.74, 6) is 1.11. The largest absolute Gasteiger partial charge is 0.466 e. The zero-order valence-corrected chi connectivity index (χ0v) is 12.5. The molecule has 0 bridgehead atoms. The third kappa shape index (κ3) is 3.85. The zero-order chi connectivity index (χ0) is 15.3. The summed E-state index contributed by atoms with van der Waals surface area (Å²) in [5.41, 5.74) is 0.975. The SMILES string of the molecule is CN=C(NCc1cn[nH]c1C)NCC(C)(O)c1ccco1. The number of guanidine groups is 1. The van der Waals surface area contributed by atoms with Crippen molar-refractivity contribution in [1.82, 2.24) is 20.8 Å². The molecule has 0 amide bonds. The number of nitrogens with zero attached hydrogens (tertiary/aromatic N) is 2. The highest BCUT2D eigenvalue weighted by Gasteiger charge is 2.26. The van der Waals surface area contributed by atoms with Gasteiger partial charge in [0.1, 0.15) is 11.4 Å². The van der Waals surface area contributed by atoms with Gasteiger partial charge in [-0.2, -0.15) is 5.10 Å². The summed E-state index contributed by atoms with van der Waals surface area (Å²) in [5, 5.41) is 23.5. The fraction of sp³-hybridized carbons (Fsp3) is 0.429. The maximum atomic E-state index is 10.4. The lowest BCUT2D eigenvalue weighted by Crippen LogP contribution is -2.44. The van der Waals surface area contributed by atoms with Crippen molar-refractivity contribution in [1.29, 1.82) is 0 Å². The first-order valence-corrected chi connectivity index (χ1v) is 6.72. The molecule has 0 saturated carbocycles.